The molecule has 0 aromatic carbocycles. The van der Waals surface area contributed by atoms with Gasteiger partial charge in [-0.3, -0.25) is 0 Å². The number of cyclic esters (lactones) is 3. The Labute approximate surface area is 437 Å². The highest BCUT2D eigenvalue weighted by Gasteiger charge is 2.58. The van der Waals surface area contributed by atoms with Crippen LogP contribution in [0.5, 0.6) is 0 Å². The molecular weight excluding hydrogens is 1020 g/mol. The van der Waals surface area contributed by atoms with Crippen molar-refractivity contribution in [3.05, 3.63) is 142 Å². The highest BCUT2D eigenvalue weighted by atomic mass is 16.8. The molecule has 5 fully saturated rings. The first-order valence-corrected chi connectivity index (χ1v) is 24.1. The molecule has 2 saturated carbocycles. The molecular formula is C53H50O24. The van der Waals surface area contributed by atoms with E-state index in [1.54, 1.807) is 13.8 Å². The van der Waals surface area contributed by atoms with E-state index in [9.17, 15) is 58.5 Å². The summed E-state index contributed by atoms with van der Waals surface area (Å²) in [4.78, 5) is 115. The second-order valence-electron chi connectivity index (χ2n) is 18.6. The fraction of sp³-hybridized carbons (Fsp3) is 0.377. The lowest BCUT2D eigenvalue weighted by atomic mass is 9.87. The largest absolute Gasteiger partial charge is 0.480 e. The number of esters is 9. The van der Waals surface area contributed by atoms with Crippen LogP contribution in [0, 0.1) is 0 Å². The van der Waals surface area contributed by atoms with Crippen LogP contribution in [0.15, 0.2) is 142 Å². The number of ether oxygens (including phenoxy) is 12. The summed E-state index contributed by atoms with van der Waals surface area (Å²) >= 11 is 0. The van der Waals surface area contributed by atoms with Gasteiger partial charge in [-0.25, -0.2) is 43.2 Å². The van der Waals surface area contributed by atoms with Gasteiger partial charge in [-0.05, 0) is 36.5 Å². The third kappa shape index (κ3) is 11.5. The van der Waals surface area contributed by atoms with E-state index in [0.717, 1.165) is 24.3 Å². The minimum atomic E-state index is -1.73. The molecule has 8 rings (SSSR count). The van der Waals surface area contributed by atoms with Crippen LogP contribution < -0.4 is 0 Å². The Hall–Kier alpha value is -9.09. The summed E-state index contributed by atoms with van der Waals surface area (Å²) in [6, 6.07) is 0. The first kappa shape index (κ1) is 54.2. The molecule has 24 nitrogen and oxygen atoms in total. The number of aliphatic hydroxyl groups excluding tert-OH is 3. The predicted molar refractivity (Wildman–Crippen MR) is 251 cm³/mol. The molecule has 2 aliphatic carbocycles. The predicted octanol–water partition coefficient (Wildman–Crippen LogP) is 5.62. The molecule has 1 unspecified atom stereocenters. The van der Waals surface area contributed by atoms with Crippen LogP contribution in [-0.2, 0) is 100.0 Å². The van der Waals surface area contributed by atoms with Gasteiger partial charge in [0, 0.05) is 78.1 Å². The Balaban J connectivity index is 0.791. The second-order valence-corrected chi connectivity index (χ2v) is 18.6. The molecule has 6 aliphatic heterocycles. The van der Waals surface area contributed by atoms with Crippen molar-refractivity contribution in [2.75, 3.05) is 0 Å². The highest BCUT2D eigenvalue weighted by molar-refractivity contribution is 6.17. The van der Waals surface area contributed by atoms with Gasteiger partial charge < -0.3 is 72.2 Å². The molecule has 4 spiro atoms. The molecule has 1 atom stereocenters. The fourth-order valence-corrected chi connectivity index (χ4v) is 8.51. The summed E-state index contributed by atoms with van der Waals surface area (Å²) in [5.41, 5.74) is -2.24. The topological polar surface area (TPSA) is 325 Å². The van der Waals surface area contributed by atoms with Gasteiger partial charge in [-0.15, -0.1) is 0 Å². The number of rotatable bonds is 11. The first-order chi connectivity index (χ1) is 36.5. The van der Waals surface area contributed by atoms with E-state index >= 15 is 0 Å². The number of hydrogen-bond acceptors (Lipinski definition) is 24. The summed E-state index contributed by atoms with van der Waals surface area (Å²) in [6.45, 7) is 6.35. The van der Waals surface area contributed by atoms with E-state index in [-0.39, 0.29) is 80.1 Å². The third-order valence-corrected chi connectivity index (χ3v) is 13.2. The highest BCUT2D eigenvalue weighted by Crippen LogP contribution is 2.47. The van der Waals surface area contributed by atoms with Crippen molar-refractivity contribution in [1.82, 2.24) is 0 Å². The Bertz CT molecular complexity index is 2920. The fourth-order valence-electron chi connectivity index (χ4n) is 8.51. The van der Waals surface area contributed by atoms with E-state index in [2.05, 4.69) is 0 Å². The standard InChI is InChI=1S/C53H50O24/c1-5-48(3)66-36(54)30(37(55)67-48)16-10-7-12-18-32-40(58)70-50(71-41(32)59)22-26-52(27-23-50)74-44(62)34(45(63)75-52)20-14-9-15-21-35-46(64)76-53(77-47(35)65)28-24-51(25-29-53)72-42(60)33(43(61)73-51)19-13-8-11-17-31-38(56)68-49(4,6-2)69-39(31)57/h7-21,54,60,62H,5-6,22-29H2,1-4H3/b11-8+,12-7+,15-9+,16-10+,19-13+,20-14+,31-17?,32-18?,35-21?. The molecule has 8 aliphatic rings. The van der Waals surface area contributed by atoms with Crippen molar-refractivity contribution in [1.29, 1.82) is 0 Å². The van der Waals surface area contributed by atoms with Crippen molar-refractivity contribution in [3.8, 4) is 0 Å². The molecule has 0 radical (unpaired) electrons. The molecule has 406 valence electrons. The van der Waals surface area contributed by atoms with E-state index in [0.29, 0.717) is 6.42 Å². The van der Waals surface area contributed by atoms with E-state index in [4.69, 9.17) is 56.8 Å². The molecule has 3 saturated heterocycles. The maximum absolute atomic E-state index is 13.1. The summed E-state index contributed by atoms with van der Waals surface area (Å²) < 4.78 is 65.3. The molecule has 0 aromatic rings. The monoisotopic (exact) mass is 1070 g/mol. The summed E-state index contributed by atoms with van der Waals surface area (Å²) in [6.07, 6.45) is 17.9. The van der Waals surface area contributed by atoms with Crippen LogP contribution in [0.2, 0.25) is 0 Å². The van der Waals surface area contributed by atoms with Crippen molar-refractivity contribution in [2.45, 2.75) is 127 Å². The van der Waals surface area contributed by atoms with Gasteiger partial charge in [0.05, 0.1) is 0 Å². The quantitative estimate of drug-likeness (QED) is 0.0743. The van der Waals surface area contributed by atoms with Crippen LogP contribution >= 0.6 is 0 Å². The minimum Gasteiger partial charge on any atom is -0.480 e. The van der Waals surface area contributed by atoms with Crippen molar-refractivity contribution in [2.24, 2.45) is 0 Å². The van der Waals surface area contributed by atoms with Crippen molar-refractivity contribution in [3.63, 3.8) is 0 Å². The van der Waals surface area contributed by atoms with Gasteiger partial charge in [-0.1, -0.05) is 68.5 Å². The van der Waals surface area contributed by atoms with Crippen LogP contribution in [0.25, 0.3) is 0 Å². The molecule has 77 heavy (non-hydrogen) atoms. The zero-order valence-electron chi connectivity index (χ0n) is 41.6. The number of carbonyl (C=O) groups excluding carboxylic acids is 9. The van der Waals surface area contributed by atoms with Crippen LogP contribution in [0.1, 0.15) is 91.9 Å². The molecule has 24 heteroatoms. The van der Waals surface area contributed by atoms with Crippen LogP contribution in [-0.4, -0.2) is 104 Å². The SMILES string of the molecule is CCC1(C)OC(=O)C(=C/C=C/C=C/C2=C(O)OC3(CCC4(CC3)OC(=O)C(=C/C=C/C=C/C3=C(O)OC5(CCC6(CC5)OC(=O)C(=C/C=C/C=C/C5=C(O)OC(C)(CC)OC5=O)C(=O)O6)OC3=O)C(=O)O4)OC2=O)C(=O)O1. The van der Waals surface area contributed by atoms with Crippen molar-refractivity contribution < 1.29 is 115 Å². The summed E-state index contributed by atoms with van der Waals surface area (Å²) in [7, 11) is 0. The van der Waals surface area contributed by atoms with Crippen LogP contribution in [0.3, 0.4) is 0 Å². The van der Waals surface area contributed by atoms with E-state index in [1.807, 2.05) is 0 Å². The van der Waals surface area contributed by atoms with Gasteiger partial charge in [0.25, 0.3) is 52.6 Å². The lowest BCUT2D eigenvalue weighted by Gasteiger charge is -2.46. The van der Waals surface area contributed by atoms with Gasteiger partial charge in [-0.2, -0.15) is 0 Å². The Morgan fingerprint density at radius 3 is 0.844 bits per heavy atom. The Kier molecular flexibility index (Phi) is 14.7. The van der Waals surface area contributed by atoms with Gasteiger partial charge in [0.1, 0.15) is 33.4 Å². The molecule has 3 N–H and O–H groups in total. The second kappa shape index (κ2) is 20.9. The Morgan fingerprint density at radius 1 is 0.325 bits per heavy atom. The zero-order valence-corrected chi connectivity index (χ0v) is 41.6. The van der Waals surface area contributed by atoms with Gasteiger partial charge in [0.15, 0.2) is 0 Å². The number of hydrogen-bond donors (Lipinski definition) is 3. The third-order valence-electron chi connectivity index (χ3n) is 13.2. The van der Waals surface area contributed by atoms with E-state index in [1.165, 1.54) is 80.7 Å². The van der Waals surface area contributed by atoms with E-state index < -0.39 is 117 Å². The average Bonchev–Trinajstić information content (AvgIpc) is 3.35. The molecule has 0 aromatic heterocycles. The smallest absolute Gasteiger partial charge is 0.348 e. The average molecular weight is 1070 g/mol. The molecule has 0 amide bonds. The summed E-state index contributed by atoms with van der Waals surface area (Å²) in [5, 5.41) is 31.5. The van der Waals surface area contributed by atoms with Gasteiger partial charge >= 0.3 is 53.7 Å². The zero-order chi connectivity index (χ0) is 55.6. The van der Waals surface area contributed by atoms with Crippen LogP contribution in [0.4, 0.5) is 0 Å². The number of carbonyl (C=O) groups is 9. The molecule has 6 heterocycles. The number of allylic oxidation sites excluding steroid dienone is 12. The van der Waals surface area contributed by atoms with Crippen molar-refractivity contribution >= 4 is 53.7 Å². The molecule has 0 bridgehead atoms. The maximum Gasteiger partial charge on any atom is 0.348 e. The lowest BCUT2D eigenvalue weighted by molar-refractivity contribution is -0.297. The number of aliphatic hydroxyl groups is 3. The maximum atomic E-state index is 13.1. The Morgan fingerprint density at radius 2 is 0.558 bits per heavy atom. The first-order valence-electron chi connectivity index (χ1n) is 24.1. The normalized spacial score (nSPS) is 31.9. The van der Waals surface area contributed by atoms with Gasteiger partial charge in [0.2, 0.25) is 0 Å². The lowest BCUT2D eigenvalue weighted by Crippen LogP contribution is -2.54. The summed E-state index contributed by atoms with van der Waals surface area (Å²) in [5.74, 6) is -20.2. The minimum absolute atomic E-state index is 0.159.